The van der Waals surface area contributed by atoms with Gasteiger partial charge in [0, 0.05) is 6.42 Å². The minimum absolute atomic E-state index is 0.281. The molecule has 0 aliphatic carbocycles. The van der Waals surface area contributed by atoms with Gasteiger partial charge in [-0.25, -0.2) is 4.79 Å². The van der Waals surface area contributed by atoms with E-state index in [1.54, 1.807) is 13.8 Å². The highest BCUT2D eigenvalue weighted by Crippen LogP contribution is 2.07. The molecule has 0 rings (SSSR count). The first kappa shape index (κ1) is 28.7. The van der Waals surface area contributed by atoms with Gasteiger partial charge in [-0.3, -0.25) is 24.0 Å². The molecular weight excluding hydrogens is 430 g/mol. The summed E-state index contributed by atoms with van der Waals surface area (Å²) in [5.41, 5.74) is 10.6. The Kier molecular flexibility index (Phi) is 11.9. The first-order valence-corrected chi connectivity index (χ1v) is 9.75. The van der Waals surface area contributed by atoms with Gasteiger partial charge in [0.1, 0.15) is 12.1 Å². The van der Waals surface area contributed by atoms with Crippen LogP contribution in [0.15, 0.2) is 0 Å². The summed E-state index contributed by atoms with van der Waals surface area (Å²) < 4.78 is 0. The van der Waals surface area contributed by atoms with Crippen molar-refractivity contribution >= 4 is 35.6 Å². The van der Waals surface area contributed by atoms with Gasteiger partial charge in [-0.1, -0.05) is 13.8 Å². The number of primary amides is 1. The van der Waals surface area contributed by atoms with E-state index < -0.39 is 78.2 Å². The number of carbonyl (C=O) groups excluding carboxylic acids is 4. The molecule has 0 aliphatic heterocycles. The number of nitrogens with two attached hydrogens (primary N) is 2. The van der Waals surface area contributed by atoms with Crippen LogP contribution < -0.4 is 27.4 Å². The first-order chi connectivity index (χ1) is 14.7. The van der Waals surface area contributed by atoms with Crippen LogP contribution in [-0.2, 0) is 28.8 Å². The number of hydrogen-bond acceptors (Lipinski definition) is 8. The summed E-state index contributed by atoms with van der Waals surface area (Å²) in [7, 11) is 0. The van der Waals surface area contributed by atoms with Crippen LogP contribution >= 0.6 is 0 Å². The van der Waals surface area contributed by atoms with Crippen LogP contribution in [0.4, 0.5) is 0 Å². The molecule has 0 spiro atoms. The molecule has 0 radical (unpaired) electrons. The van der Waals surface area contributed by atoms with Gasteiger partial charge in [-0.15, -0.1) is 0 Å². The van der Waals surface area contributed by atoms with Crippen molar-refractivity contribution in [1.82, 2.24) is 16.0 Å². The number of aliphatic carboxylic acids is 2. The highest BCUT2D eigenvalue weighted by molar-refractivity contribution is 5.95. The van der Waals surface area contributed by atoms with Gasteiger partial charge >= 0.3 is 11.9 Å². The molecule has 14 heteroatoms. The standard InChI is InChI=1S/C18H31N5O9/c1-7(2)13(22-15(28)9(19)6-12(26)27)17(30)21-10(4-5-11(20)25)16(29)23-14(8(3)24)18(31)32/h7-10,13-14,24H,4-6,19H2,1-3H3,(H2,20,25)(H,21,30)(H,22,28)(H,23,29)(H,26,27)(H,31,32). The molecular formula is C18H31N5O9. The Morgan fingerprint density at radius 3 is 1.78 bits per heavy atom. The minimum atomic E-state index is -1.68. The third-order valence-corrected chi connectivity index (χ3v) is 4.34. The van der Waals surface area contributed by atoms with Gasteiger partial charge in [0.15, 0.2) is 6.04 Å². The Labute approximate surface area is 184 Å². The molecule has 14 nitrogen and oxygen atoms in total. The molecule has 0 bridgehead atoms. The minimum Gasteiger partial charge on any atom is -0.481 e. The summed E-state index contributed by atoms with van der Waals surface area (Å²) in [6.07, 6.45) is -2.73. The summed E-state index contributed by atoms with van der Waals surface area (Å²) in [4.78, 5) is 70.4. The van der Waals surface area contributed by atoms with E-state index in [-0.39, 0.29) is 12.8 Å². The van der Waals surface area contributed by atoms with Crippen LogP contribution in [-0.4, -0.2) is 81.2 Å². The lowest BCUT2D eigenvalue weighted by Gasteiger charge is -2.27. The maximum atomic E-state index is 12.7. The predicted molar refractivity (Wildman–Crippen MR) is 109 cm³/mol. The summed E-state index contributed by atoms with van der Waals surface area (Å²) in [5.74, 6) is -6.88. The fourth-order valence-electron chi connectivity index (χ4n) is 2.54. The third-order valence-electron chi connectivity index (χ3n) is 4.34. The molecule has 5 atom stereocenters. The number of carboxylic acids is 2. The number of carbonyl (C=O) groups is 6. The molecule has 182 valence electrons. The lowest BCUT2D eigenvalue weighted by molar-refractivity contribution is -0.145. The van der Waals surface area contributed by atoms with Crippen molar-refractivity contribution in [3.63, 3.8) is 0 Å². The molecule has 0 aromatic carbocycles. The molecule has 0 saturated heterocycles. The van der Waals surface area contributed by atoms with E-state index in [9.17, 15) is 33.9 Å². The van der Waals surface area contributed by atoms with E-state index >= 15 is 0 Å². The van der Waals surface area contributed by atoms with Gasteiger partial charge in [0.05, 0.1) is 18.6 Å². The monoisotopic (exact) mass is 461 g/mol. The average Bonchev–Trinajstić information content (AvgIpc) is 2.65. The fourth-order valence-corrected chi connectivity index (χ4v) is 2.54. The van der Waals surface area contributed by atoms with Gasteiger partial charge in [0.25, 0.3) is 0 Å². The molecule has 0 aliphatic rings. The van der Waals surface area contributed by atoms with Crippen LogP contribution in [0.3, 0.4) is 0 Å². The van der Waals surface area contributed by atoms with Crippen LogP contribution in [0.5, 0.6) is 0 Å². The van der Waals surface area contributed by atoms with Gasteiger partial charge in [-0.2, -0.15) is 0 Å². The Morgan fingerprint density at radius 2 is 1.38 bits per heavy atom. The second-order valence-corrected chi connectivity index (χ2v) is 7.57. The molecule has 0 fully saturated rings. The summed E-state index contributed by atoms with van der Waals surface area (Å²) in [6, 6.07) is -5.73. The highest BCUT2D eigenvalue weighted by atomic mass is 16.4. The van der Waals surface area contributed by atoms with Crippen molar-refractivity contribution < 1.29 is 44.1 Å². The zero-order valence-electron chi connectivity index (χ0n) is 18.0. The van der Waals surface area contributed by atoms with E-state index in [0.29, 0.717) is 0 Å². The normalized spacial score (nSPS) is 15.6. The van der Waals surface area contributed by atoms with Crippen molar-refractivity contribution in [3.05, 3.63) is 0 Å². The topological polar surface area (TPSA) is 251 Å². The van der Waals surface area contributed by atoms with Gasteiger partial charge in [-0.05, 0) is 19.3 Å². The molecule has 0 saturated carbocycles. The molecule has 4 amide bonds. The summed E-state index contributed by atoms with van der Waals surface area (Å²) >= 11 is 0. The molecule has 5 unspecified atom stereocenters. The van der Waals surface area contributed by atoms with E-state index in [2.05, 4.69) is 16.0 Å². The lowest BCUT2D eigenvalue weighted by atomic mass is 10.0. The Morgan fingerprint density at radius 1 is 0.844 bits per heavy atom. The zero-order chi connectivity index (χ0) is 25.2. The zero-order valence-corrected chi connectivity index (χ0v) is 18.0. The Hall–Kier alpha value is -3.26. The van der Waals surface area contributed by atoms with Crippen LogP contribution in [0.2, 0.25) is 0 Å². The summed E-state index contributed by atoms with van der Waals surface area (Å²) in [5, 5.41) is 34.1. The quantitative estimate of drug-likeness (QED) is 0.127. The van der Waals surface area contributed by atoms with Crippen LogP contribution in [0, 0.1) is 5.92 Å². The number of carboxylic acid groups (broad SMARTS) is 2. The average molecular weight is 461 g/mol. The van der Waals surface area contributed by atoms with Gasteiger partial charge < -0.3 is 42.7 Å². The fraction of sp³-hybridized carbons (Fsp3) is 0.667. The second kappa shape index (κ2) is 13.2. The Balaban J connectivity index is 5.50. The molecule has 0 heterocycles. The second-order valence-electron chi connectivity index (χ2n) is 7.57. The number of hydrogen-bond donors (Lipinski definition) is 8. The number of rotatable bonds is 14. The van der Waals surface area contributed by atoms with Crippen molar-refractivity contribution in [1.29, 1.82) is 0 Å². The number of nitrogens with one attached hydrogen (secondary N) is 3. The van der Waals surface area contributed by atoms with E-state index in [4.69, 9.17) is 21.7 Å². The van der Waals surface area contributed by atoms with Crippen molar-refractivity contribution in [3.8, 4) is 0 Å². The Bertz CT molecular complexity index is 726. The molecule has 0 aromatic heterocycles. The predicted octanol–water partition coefficient (Wildman–Crippen LogP) is -3.37. The lowest BCUT2D eigenvalue weighted by Crippen LogP contribution is -2.59. The maximum absolute atomic E-state index is 12.7. The third kappa shape index (κ3) is 10.2. The van der Waals surface area contributed by atoms with Gasteiger partial charge in [0.2, 0.25) is 23.6 Å². The van der Waals surface area contributed by atoms with E-state index in [1.807, 2.05) is 0 Å². The maximum Gasteiger partial charge on any atom is 0.328 e. The van der Waals surface area contributed by atoms with Crippen molar-refractivity contribution in [2.45, 2.75) is 70.3 Å². The van der Waals surface area contributed by atoms with Crippen molar-refractivity contribution in [2.24, 2.45) is 17.4 Å². The first-order valence-electron chi connectivity index (χ1n) is 9.75. The number of amides is 4. The van der Waals surface area contributed by atoms with Crippen LogP contribution in [0.1, 0.15) is 40.0 Å². The van der Waals surface area contributed by atoms with E-state index in [1.165, 1.54) is 0 Å². The largest absolute Gasteiger partial charge is 0.481 e. The molecule has 32 heavy (non-hydrogen) atoms. The summed E-state index contributed by atoms with van der Waals surface area (Å²) in [6.45, 7) is 4.28. The molecule has 0 aromatic rings. The van der Waals surface area contributed by atoms with Crippen LogP contribution in [0.25, 0.3) is 0 Å². The SMILES string of the molecule is CC(C)C(NC(=O)C(N)CC(=O)O)C(=O)NC(CCC(N)=O)C(=O)NC(C(=O)O)C(C)O. The smallest absolute Gasteiger partial charge is 0.328 e. The highest BCUT2D eigenvalue weighted by Gasteiger charge is 2.33. The molecule has 10 N–H and O–H groups in total. The number of aliphatic hydroxyl groups is 1. The van der Waals surface area contributed by atoms with Crippen molar-refractivity contribution in [2.75, 3.05) is 0 Å². The van der Waals surface area contributed by atoms with E-state index in [0.717, 1.165) is 6.92 Å². The number of aliphatic hydroxyl groups excluding tert-OH is 1.